The second-order valence-electron chi connectivity index (χ2n) is 4.98. The van der Waals surface area contributed by atoms with E-state index in [1.165, 1.54) is 12.7 Å². The van der Waals surface area contributed by atoms with E-state index < -0.39 is 0 Å². The van der Waals surface area contributed by atoms with Crippen molar-refractivity contribution in [3.63, 3.8) is 0 Å². The predicted octanol–water partition coefficient (Wildman–Crippen LogP) is 3.53. The third-order valence-corrected chi connectivity index (χ3v) is 3.22. The van der Waals surface area contributed by atoms with Crippen molar-refractivity contribution in [2.45, 2.75) is 46.5 Å². The lowest BCUT2D eigenvalue weighted by Gasteiger charge is -2.10. The molecule has 0 aliphatic heterocycles. The monoisotopic (exact) mass is 262 g/mol. The fourth-order valence-electron chi connectivity index (χ4n) is 2.40. The van der Waals surface area contributed by atoms with Crippen molar-refractivity contribution < 1.29 is 14.3 Å². The van der Waals surface area contributed by atoms with Gasteiger partial charge in [0.1, 0.15) is 0 Å². The topological polar surface area (TPSA) is 43.4 Å². The van der Waals surface area contributed by atoms with Gasteiger partial charge in [-0.1, -0.05) is 17.7 Å². The van der Waals surface area contributed by atoms with Gasteiger partial charge < -0.3 is 4.74 Å². The molecule has 0 aliphatic rings. The summed E-state index contributed by atoms with van der Waals surface area (Å²) in [6.45, 7) is 5.98. The molecule has 0 unspecified atom stereocenters. The van der Waals surface area contributed by atoms with E-state index in [9.17, 15) is 9.59 Å². The van der Waals surface area contributed by atoms with Crippen LogP contribution in [-0.2, 0) is 9.53 Å². The van der Waals surface area contributed by atoms with Crippen LogP contribution in [0, 0.1) is 20.8 Å². The van der Waals surface area contributed by atoms with Crippen LogP contribution >= 0.6 is 0 Å². The van der Waals surface area contributed by atoms with E-state index in [0.29, 0.717) is 19.3 Å². The Kier molecular flexibility index (Phi) is 5.74. The number of hydrogen-bond acceptors (Lipinski definition) is 3. The minimum atomic E-state index is -0.213. The van der Waals surface area contributed by atoms with Gasteiger partial charge in [-0.2, -0.15) is 0 Å². The Balaban J connectivity index is 2.57. The lowest BCUT2D eigenvalue weighted by molar-refractivity contribution is -0.140. The van der Waals surface area contributed by atoms with E-state index in [2.05, 4.69) is 4.74 Å². The van der Waals surface area contributed by atoms with E-state index in [-0.39, 0.29) is 11.8 Å². The third kappa shape index (κ3) is 4.51. The smallest absolute Gasteiger partial charge is 0.305 e. The lowest BCUT2D eigenvalue weighted by Crippen LogP contribution is -2.06. The summed E-state index contributed by atoms with van der Waals surface area (Å²) in [6.07, 6.45) is 2.29. The molecule has 1 aromatic carbocycles. The van der Waals surface area contributed by atoms with Crippen molar-refractivity contribution in [2.75, 3.05) is 7.11 Å². The Labute approximate surface area is 115 Å². The summed E-state index contributed by atoms with van der Waals surface area (Å²) in [5, 5.41) is 0. The fourth-order valence-corrected chi connectivity index (χ4v) is 2.40. The van der Waals surface area contributed by atoms with E-state index in [1.807, 2.05) is 32.9 Å². The third-order valence-electron chi connectivity index (χ3n) is 3.22. The molecule has 0 saturated heterocycles. The van der Waals surface area contributed by atoms with Crippen LogP contribution < -0.4 is 0 Å². The molecule has 0 saturated carbocycles. The van der Waals surface area contributed by atoms with Gasteiger partial charge in [0.25, 0.3) is 0 Å². The Hall–Kier alpha value is -1.64. The molecule has 0 atom stereocenters. The van der Waals surface area contributed by atoms with Crippen molar-refractivity contribution >= 4 is 11.8 Å². The van der Waals surface area contributed by atoms with E-state index in [4.69, 9.17) is 0 Å². The SMILES string of the molecule is COC(=O)CCCCC(=O)c1c(C)cc(C)cc1C. The Bertz CT molecular complexity index is 452. The molecule has 104 valence electrons. The average molecular weight is 262 g/mol. The van der Waals surface area contributed by atoms with Crippen LogP contribution in [0.3, 0.4) is 0 Å². The average Bonchev–Trinajstić information content (AvgIpc) is 2.33. The molecule has 0 amide bonds. The first-order chi connectivity index (χ1) is 8.95. The zero-order chi connectivity index (χ0) is 14.4. The summed E-state index contributed by atoms with van der Waals surface area (Å²) in [6, 6.07) is 4.07. The van der Waals surface area contributed by atoms with Crippen LogP contribution in [0.15, 0.2) is 12.1 Å². The first-order valence-electron chi connectivity index (χ1n) is 6.63. The van der Waals surface area contributed by atoms with Crippen molar-refractivity contribution in [3.8, 4) is 0 Å². The largest absolute Gasteiger partial charge is 0.469 e. The number of methoxy groups -OCH3 is 1. The molecular weight excluding hydrogens is 240 g/mol. The number of benzene rings is 1. The molecule has 3 nitrogen and oxygen atoms in total. The van der Waals surface area contributed by atoms with Crippen LogP contribution in [-0.4, -0.2) is 18.9 Å². The highest BCUT2D eigenvalue weighted by atomic mass is 16.5. The van der Waals surface area contributed by atoms with Crippen LogP contribution in [0.1, 0.15) is 52.7 Å². The van der Waals surface area contributed by atoms with Gasteiger partial charge in [0.2, 0.25) is 0 Å². The second kappa shape index (κ2) is 7.07. The van der Waals surface area contributed by atoms with Gasteiger partial charge in [0, 0.05) is 18.4 Å². The molecule has 0 aliphatic carbocycles. The fraction of sp³-hybridized carbons (Fsp3) is 0.500. The number of ketones is 1. The Morgan fingerprint density at radius 2 is 1.53 bits per heavy atom. The van der Waals surface area contributed by atoms with Crippen LogP contribution in [0.25, 0.3) is 0 Å². The molecule has 0 radical (unpaired) electrons. The van der Waals surface area contributed by atoms with Gasteiger partial charge in [0.05, 0.1) is 7.11 Å². The van der Waals surface area contributed by atoms with Gasteiger partial charge in [0.15, 0.2) is 5.78 Å². The highest BCUT2D eigenvalue weighted by Gasteiger charge is 2.12. The quantitative estimate of drug-likeness (QED) is 0.447. The molecule has 3 heteroatoms. The number of rotatable bonds is 6. The maximum atomic E-state index is 12.2. The van der Waals surface area contributed by atoms with Crippen molar-refractivity contribution in [3.05, 3.63) is 34.4 Å². The van der Waals surface area contributed by atoms with Gasteiger partial charge in [-0.05, 0) is 44.7 Å². The molecule has 0 aromatic heterocycles. The van der Waals surface area contributed by atoms with Crippen molar-refractivity contribution in [1.29, 1.82) is 0 Å². The summed E-state index contributed by atoms with van der Waals surface area (Å²) in [5.74, 6) is -0.0463. The van der Waals surface area contributed by atoms with Crippen molar-refractivity contribution in [2.24, 2.45) is 0 Å². The van der Waals surface area contributed by atoms with Crippen LogP contribution in [0.5, 0.6) is 0 Å². The summed E-state index contributed by atoms with van der Waals surface area (Å²) in [7, 11) is 1.38. The lowest BCUT2D eigenvalue weighted by atomic mass is 9.94. The Morgan fingerprint density at radius 1 is 1.00 bits per heavy atom. The number of esters is 1. The van der Waals surface area contributed by atoms with Gasteiger partial charge in [-0.25, -0.2) is 0 Å². The number of Topliss-reactive ketones (excluding diaryl/α,β-unsaturated/α-hetero) is 1. The number of carbonyl (C=O) groups excluding carboxylic acids is 2. The highest BCUT2D eigenvalue weighted by Crippen LogP contribution is 2.19. The van der Waals surface area contributed by atoms with Gasteiger partial charge in [-0.3, -0.25) is 9.59 Å². The molecule has 1 aromatic rings. The summed E-state index contributed by atoms with van der Waals surface area (Å²) < 4.78 is 4.57. The number of carbonyl (C=O) groups is 2. The normalized spacial score (nSPS) is 10.3. The minimum Gasteiger partial charge on any atom is -0.469 e. The molecule has 19 heavy (non-hydrogen) atoms. The number of ether oxygens (including phenoxy) is 1. The molecule has 0 fully saturated rings. The number of hydrogen-bond donors (Lipinski definition) is 0. The maximum Gasteiger partial charge on any atom is 0.305 e. The highest BCUT2D eigenvalue weighted by molar-refractivity contribution is 5.98. The first kappa shape index (κ1) is 15.4. The number of aryl methyl sites for hydroxylation is 3. The predicted molar refractivity (Wildman–Crippen MR) is 75.5 cm³/mol. The summed E-state index contributed by atoms with van der Waals surface area (Å²) >= 11 is 0. The molecule has 0 bridgehead atoms. The van der Waals surface area contributed by atoms with E-state index >= 15 is 0 Å². The molecule has 0 N–H and O–H groups in total. The Morgan fingerprint density at radius 3 is 2.05 bits per heavy atom. The second-order valence-corrected chi connectivity index (χ2v) is 4.98. The minimum absolute atomic E-state index is 0.167. The zero-order valence-corrected chi connectivity index (χ0v) is 12.2. The first-order valence-corrected chi connectivity index (χ1v) is 6.63. The van der Waals surface area contributed by atoms with E-state index in [1.54, 1.807) is 0 Å². The van der Waals surface area contributed by atoms with Gasteiger partial charge >= 0.3 is 5.97 Å². The summed E-state index contributed by atoms with van der Waals surface area (Å²) in [5.41, 5.74) is 4.09. The maximum absolute atomic E-state index is 12.2. The molecule has 1 rings (SSSR count). The van der Waals surface area contributed by atoms with Gasteiger partial charge in [-0.15, -0.1) is 0 Å². The van der Waals surface area contributed by atoms with Crippen LogP contribution in [0.4, 0.5) is 0 Å². The molecule has 0 spiro atoms. The molecular formula is C16H22O3. The molecule has 0 heterocycles. The summed E-state index contributed by atoms with van der Waals surface area (Å²) in [4.78, 5) is 23.2. The number of unbranched alkanes of at least 4 members (excludes halogenated alkanes) is 1. The standard InChI is InChI=1S/C16H22O3/c1-11-9-12(2)16(13(3)10-11)14(17)7-5-6-8-15(18)19-4/h9-10H,5-8H2,1-4H3. The van der Waals surface area contributed by atoms with Crippen molar-refractivity contribution in [1.82, 2.24) is 0 Å². The van der Waals surface area contributed by atoms with Crippen LogP contribution in [0.2, 0.25) is 0 Å². The zero-order valence-electron chi connectivity index (χ0n) is 12.2. The van der Waals surface area contributed by atoms with E-state index in [0.717, 1.165) is 23.1 Å².